The van der Waals surface area contributed by atoms with Crippen LogP contribution in [0.2, 0.25) is 0 Å². The number of furan rings is 2. The van der Waals surface area contributed by atoms with Crippen LogP contribution >= 0.6 is 0 Å². The molecule has 1 aromatic carbocycles. The monoisotopic (exact) mass is 713 g/mol. The number of ether oxygens (including phenoxy) is 1. The highest BCUT2D eigenvalue weighted by molar-refractivity contribution is 6.06. The molecule has 3 aliphatic heterocycles. The fourth-order valence-electron chi connectivity index (χ4n) is 7.26. The van der Waals surface area contributed by atoms with E-state index in [9.17, 15) is 22.8 Å². The van der Waals surface area contributed by atoms with Crippen molar-refractivity contribution in [3.05, 3.63) is 93.7 Å². The fourth-order valence-corrected chi connectivity index (χ4v) is 7.26. The SMILES string of the molecule is C#Cc1ccc(C[N+]2(Cc3c(F)cccc3C(F)(F)F)C(=O)N(CC(NCCCC(=O)O)c3ccc(C)o3)C(=O)C3=C2COC32CCNCC2)o1. The Morgan fingerprint density at radius 1 is 1.14 bits per heavy atom. The number of quaternary nitrogens is 1. The van der Waals surface area contributed by atoms with Crippen molar-refractivity contribution in [3.8, 4) is 12.3 Å². The van der Waals surface area contributed by atoms with E-state index in [-0.39, 0.29) is 55.3 Å². The number of aryl methyl sites for hydroxylation is 1. The molecule has 2 unspecified atom stereocenters. The number of urea groups is 1. The van der Waals surface area contributed by atoms with Crippen molar-refractivity contribution in [1.29, 1.82) is 0 Å². The average Bonchev–Trinajstić information content (AvgIpc) is 3.82. The summed E-state index contributed by atoms with van der Waals surface area (Å²) in [6.45, 7) is 0.947. The quantitative estimate of drug-likeness (QED) is 0.0977. The van der Waals surface area contributed by atoms with E-state index in [4.69, 9.17) is 25.1 Å². The van der Waals surface area contributed by atoms with Gasteiger partial charge in [0, 0.05) is 6.42 Å². The number of imide groups is 1. The summed E-state index contributed by atoms with van der Waals surface area (Å²) in [4.78, 5) is 42.0. The molecule has 11 nitrogen and oxygen atoms in total. The maximum absolute atomic E-state index is 15.7. The number of nitrogens with zero attached hydrogens (tertiary/aromatic N) is 2. The summed E-state index contributed by atoms with van der Waals surface area (Å²) in [5.41, 5.74) is -2.93. The van der Waals surface area contributed by atoms with Crippen molar-refractivity contribution in [2.24, 2.45) is 0 Å². The second-order valence-corrected chi connectivity index (χ2v) is 13.0. The number of fused-ring (bicyclic) bond motifs is 1. The topological polar surface area (TPSA) is 134 Å². The van der Waals surface area contributed by atoms with Crippen LogP contribution in [-0.2, 0) is 33.6 Å². The third-order valence-corrected chi connectivity index (χ3v) is 9.72. The van der Waals surface area contributed by atoms with E-state index in [0.29, 0.717) is 37.5 Å². The molecule has 0 bridgehead atoms. The Bertz CT molecular complexity index is 1900. The predicted molar refractivity (Wildman–Crippen MR) is 172 cm³/mol. The highest BCUT2D eigenvalue weighted by Crippen LogP contribution is 2.49. The molecule has 3 aliphatic rings. The number of terminal acetylenes is 1. The van der Waals surface area contributed by atoms with E-state index >= 15 is 9.18 Å². The Morgan fingerprint density at radius 2 is 1.90 bits per heavy atom. The second kappa shape index (κ2) is 14.1. The molecule has 2 aromatic heterocycles. The van der Waals surface area contributed by atoms with Crippen molar-refractivity contribution >= 4 is 17.9 Å². The molecule has 270 valence electrons. The van der Waals surface area contributed by atoms with Crippen LogP contribution < -0.4 is 10.6 Å². The fraction of sp³-hybridized carbons (Fsp3) is 0.417. The van der Waals surface area contributed by atoms with Gasteiger partial charge in [-0.05, 0) is 88.1 Å². The molecule has 0 saturated carbocycles. The lowest BCUT2D eigenvalue weighted by Gasteiger charge is -2.44. The zero-order chi connectivity index (χ0) is 36.6. The number of nitrogens with one attached hydrogen (secondary N) is 2. The Morgan fingerprint density at radius 3 is 2.55 bits per heavy atom. The number of hydrogen-bond donors (Lipinski definition) is 3. The Hall–Kier alpha value is -4.75. The normalized spacial score (nSPS) is 20.9. The molecule has 1 spiro atoms. The Kier molecular flexibility index (Phi) is 9.97. The molecule has 0 radical (unpaired) electrons. The summed E-state index contributed by atoms with van der Waals surface area (Å²) >= 11 is 0. The molecule has 3 aromatic rings. The molecule has 3 amide bonds. The van der Waals surface area contributed by atoms with Crippen LogP contribution in [0.3, 0.4) is 0 Å². The van der Waals surface area contributed by atoms with E-state index in [1.807, 2.05) is 0 Å². The molecule has 5 heterocycles. The van der Waals surface area contributed by atoms with Crippen molar-refractivity contribution in [3.63, 3.8) is 0 Å². The first-order valence-electron chi connectivity index (χ1n) is 16.5. The number of aliphatic carboxylic acids is 1. The maximum Gasteiger partial charge on any atom is 0.431 e. The average molecular weight is 714 g/mol. The molecule has 3 N–H and O–H groups in total. The van der Waals surface area contributed by atoms with Crippen LogP contribution in [0.25, 0.3) is 0 Å². The first-order chi connectivity index (χ1) is 24.3. The van der Waals surface area contributed by atoms with Gasteiger partial charge in [-0.2, -0.15) is 17.7 Å². The zero-order valence-electron chi connectivity index (χ0n) is 27.8. The number of carbonyl (C=O) groups is 3. The minimum atomic E-state index is -4.97. The molecule has 1 saturated heterocycles. The van der Waals surface area contributed by atoms with Crippen LogP contribution in [0.5, 0.6) is 0 Å². The number of carboxylic acids is 1. The molecule has 1 fully saturated rings. The number of carbonyl (C=O) groups excluding carboxylic acids is 2. The first-order valence-corrected chi connectivity index (χ1v) is 16.5. The zero-order valence-corrected chi connectivity index (χ0v) is 27.8. The van der Waals surface area contributed by atoms with Gasteiger partial charge >= 0.3 is 18.2 Å². The lowest BCUT2D eigenvalue weighted by atomic mass is 9.82. The number of alkyl halides is 3. The van der Waals surface area contributed by atoms with E-state index in [1.165, 1.54) is 12.1 Å². The van der Waals surface area contributed by atoms with Gasteiger partial charge in [0.2, 0.25) is 0 Å². The molecular weight excluding hydrogens is 676 g/mol. The van der Waals surface area contributed by atoms with E-state index in [1.54, 1.807) is 19.1 Å². The summed E-state index contributed by atoms with van der Waals surface area (Å²) in [5.74, 6) is 0.597. The molecule has 6 rings (SSSR count). The standard InChI is InChI=1S/C36H36F4N4O7/c1-3-23-10-11-24(51-23)19-44(20-25-26(36(38,39)40)6-4-7-27(25)37)29-21-49-35(13-16-41-17-14-35)32(29)33(47)43(34(44)48)18-28(30-12-9-22(2)50-30)42-15-5-8-31(45)46/h1,4,6-7,9-12,28,41-42H,5,8,13-21H2,2H3/p+1. The lowest BCUT2D eigenvalue weighted by molar-refractivity contribution is -0.846. The van der Waals surface area contributed by atoms with Crippen LogP contribution in [0, 0.1) is 25.1 Å². The first kappa shape index (κ1) is 36.1. The number of carboxylic acid groups (broad SMARTS) is 1. The van der Waals surface area contributed by atoms with Crippen molar-refractivity contribution in [2.75, 3.05) is 32.8 Å². The van der Waals surface area contributed by atoms with Gasteiger partial charge in [-0.1, -0.05) is 6.07 Å². The van der Waals surface area contributed by atoms with Crippen molar-refractivity contribution in [2.45, 2.75) is 63.5 Å². The lowest BCUT2D eigenvalue weighted by Crippen LogP contribution is -2.64. The smallest absolute Gasteiger partial charge is 0.431 e. The number of piperidine rings is 1. The summed E-state index contributed by atoms with van der Waals surface area (Å²) < 4.78 is 76.2. The molecular formula is C36H37F4N4O7+. The van der Waals surface area contributed by atoms with Gasteiger partial charge in [-0.3, -0.25) is 9.59 Å². The second-order valence-electron chi connectivity index (χ2n) is 13.0. The highest BCUT2D eigenvalue weighted by Gasteiger charge is 2.63. The van der Waals surface area contributed by atoms with Crippen LogP contribution in [0.4, 0.5) is 22.4 Å². The molecule has 2 atom stereocenters. The highest BCUT2D eigenvalue weighted by atomic mass is 19.4. The summed E-state index contributed by atoms with van der Waals surface area (Å²) in [6, 6.07) is 7.13. The number of rotatable bonds is 12. The number of amides is 3. The molecule has 51 heavy (non-hydrogen) atoms. The summed E-state index contributed by atoms with van der Waals surface area (Å²) in [6.07, 6.45) is 1.31. The summed E-state index contributed by atoms with van der Waals surface area (Å²) in [7, 11) is 0. The summed E-state index contributed by atoms with van der Waals surface area (Å²) in [5, 5.41) is 15.6. The van der Waals surface area contributed by atoms with Gasteiger partial charge in [0.1, 0.15) is 41.7 Å². The third kappa shape index (κ3) is 6.96. The van der Waals surface area contributed by atoms with Gasteiger partial charge in [0.25, 0.3) is 5.91 Å². The molecule has 0 aliphatic carbocycles. The Labute approximate surface area is 290 Å². The maximum atomic E-state index is 15.7. The van der Waals surface area contributed by atoms with Crippen LogP contribution in [-0.4, -0.2) is 70.8 Å². The van der Waals surface area contributed by atoms with Gasteiger partial charge in [-0.15, -0.1) is 6.42 Å². The number of hydrogen-bond acceptors (Lipinski definition) is 8. The van der Waals surface area contributed by atoms with E-state index in [0.717, 1.165) is 23.1 Å². The Balaban J connectivity index is 1.53. The molecule has 15 heteroatoms. The van der Waals surface area contributed by atoms with Crippen LogP contribution in [0.1, 0.15) is 65.9 Å². The van der Waals surface area contributed by atoms with E-state index < -0.39 is 70.2 Å². The van der Waals surface area contributed by atoms with Gasteiger partial charge in [0.15, 0.2) is 23.8 Å². The van der Waals surface area contributed by atoms with Gasteiger partial charge < -0.3 is 29.3 Å². The van der Waals surface area contributed by atoms with Gasteiger partial charge in [0.05, 0.1) is 23.7 Å². The van der Waals surface area contributed by atoms with E-state index in [2.05, 4.69) is 16.6 Å². The number of halogens is 4. The minimum Gasteiger partial charge on any atom is -0.481 e. The van der Waals surface area contributed by atoms with Gasteiger partial charge in [-0.25, -0.2) is 14.1 Å². The van der Waals surface area contributed by atoms with Crippen molar-refractivity contribution < 1.29 is 55.1 Å². The minimum absolute atomic E-state index is 0.105. The third-order valence-electron chi connectivity index (χ3n) is 9.72. The predicted octanol–water partition coefficient (Wildman–Crippen LogP) is 5.40. The number of benzene rings is 1. The van der Waals surface area contributed by atoms with Crippen molar-refractivity contribution in [1.82, 2.24) is 15.5 Å². The largest absolute Gasteiger partial charge is 0.481 e. The van der Waals surface area contributed by atoms with Crippen LogP contribution in [0.15, 0.2) is 62.6 Å².